The number of nitro groups is 1. The lowest BCUT2D eigenvalue weighted by molar-refractivity contribution is -0.384. The molecule has 29 heavy (non-hydrogen) atoms. The van der Waals surface area contributed by atoms with Gasteiger partial charge in [-0.15, -0.1) is 0 Å². The number of rotatable bonds is 6. The van der Waals surface area contributed by atoms with Crippen molar-refractivity contribution in [3.8, 4) is 0 Å². The monoisotopic (exact) mass is 415 g/mol. The Bertz CT molecular complexity index is 1060. The number of imidazole rings is 1. The number of hydrogen-bond acceptors (Lipinski definition) is 5. The van der Waals surface area contributed by atoms with Gasteiger partial charge in [-0.3, -0.25) is 25.0 Å². The van der Waals surface area contributed by atoms with Crippen molar-refractivity contribution in [1.29, 1.82) is 0 Å². The summed E-state index contributed by atoms with van der Waals surface area (Å²) in [5, 5.41) is 16.2. The maximum Gasteiger partial charge on any atom is 0.288 e. The van der Waals surface area contributed by atoms with Gasteiger partial charge in [-0.25, -0.2) is 4.98 Å². The van der Waals surface area contributed by atoms with Gasteiger partial charge in [0.2, 0.25) is 11.9 Å². The second kappa shape index (κ2) is 8.27. The van der Waals surface area contributed by atoms with Crippen molar-refractivity contribution in [3.05, 3.63) is 63.2 Å². The number of amides is 2. The van der Waals surface area contributed by atoms with Crippen molar-refractivity contribution in [2.45, 2.75) is 19.9 Å². The topological polar surface area (TPSA) is 130 Å². The van der Waals surface area contributed by atoms with Crippen molar-refractivity contribution in [2.24, 2.45) is 5.92 Å². The Balaban J connectivity index is 1.77. The van der Waals surface area contributed by atoms with Gasteiger partial charge in [0.15, 0.2) is 0 Å². The summed E-state index contributed by atoms with van der Waals surface area (Å²) in [7, 11) is 0. The summed E-state index contributed by atoms with van der Waals surface area (Å²) in [4.78, 5) is 42.9. The number of fused-ring (bicyclic) bond motifs is 1. The number of anilines is 1. The van der Waals surface area contributed by atoms with Crippen LogP contribution in [0.25, 0.3) is 11.0 Å². The van der Waals surface area contributed by atoms with Gasteiger partial charge in [0.05, 0.1) is 16.0 Å². The number of aromatic amines is 1. The largest absolute Gasteiger partial charge is 0.340 e. The van der Waals surface area contributed by atoms with Gasteiger partial charge in [-0.2, -0.15) is 0 Å². The normalized spacial score (nSPS) is 12.0. The molecule has 2 aromatic carbocycles. The fourth-order valence-electron chi connectivity index (χ4n) is 2.76. The third-order valence-corrected chi connectivity index (χ3v) is 4.59. The van der Waals surface area contributed by atoms with Crippen LogP contribution in [0.15, 0.2) is 42.5 Å². The highest BCUT2D eigenvalue weighted by Crippen LogP contribution is 2.25. The lowest BCUT2D eigenvalue weighted by Crippen LogP contribution is -2.47. The second-order valence-electron chi connectivity index (χ2n) is 6.71. The Hall–Kier alpha value is -3.46. The molecule has 1 aromatic heterocycles. The van der Waals surface area contributed by atoms with Crippen LogP contribution in [0.3, 0.4) is 0 Å². The van der Waals surface area contributed by atoms with E-state index in [0.717, 1.165) is 11.6 Å². The number of aromatic nitrogens is 2. The second-order valence-corrected chi connectivity index (χ2v) is 7.12. The number of nitrogens with zero attached hydrogens (tertiary/aromatic N) is 2. The number of nitrogens with one attached hydrogen (secondary N) is 3. The van der Waals surface area contributed by atoms with Gasteiger partial charge in [0, 0.05) is 11.6 Å². The van der Waals surface area contributed by atoms with Crippen molar-refractivity contribution < 1.29 is 14.5 Å². The zero-order valence-electron chi connectivity index (χ0n) is 15.6. The summed E-state index contributed by atoms with van der Waals surface area (Å²) in [5.74, 6) is -1.07. The van der Waals surface area contributed by atoms with Crippen LogP contribution in [0, 0.1) is 16.0 Å². The number of carbonyl (C=O) groups excluding carboxylic acids is 2. The van der Waals surface area contributed by atoms with E-state index in [9.17, 15) is 19.7 Å². The van der Waals surface area contributed by atoms with Crippen molar-refractivity contribution in [2.75, 3.05) is 5.32 Å². The fraction of sp³-hybridized carbons (Fsp3) is 0.211. The minimum atomic E-state index is -0.884. The minimum Gasteiger partial charge on any atom is -0.340 e. The summed E-state index contributed by atoms with van der Waals surface area (Å²) in [6.07, 6.45) is 0. The molecule has 3 N–H and O–H groups in total. The predicted octanol–water partition coefficient (Wildman–Crippen LogP) is 3.52. The highest BCUT2D eigenvalue weighted by molar-refractivity contribution is 6.32. The van der Waals surface area contributed by atoms with Crippen LogP contribution in [-0.4, -0.2) is 32.7 Å². The van der Waals surface area contributed by atoms with Gasteiger partial charge in [-0.1, -0.05) is 37.6 Å². The average molecular weight is 416 g/mol. The highest BCUT2D eigenvalue weighted by atomic mass is 35.5. The molecule has 0 fully saturated rings. The van der Waals surface area contributed by atoms with E-state index in [0.29, 0.717) is 5.52 Å². The van der Waals surface area contributed by atoms with Crippen LogP contribution in [0.1, 0.15) is 24.2 Å². The van der Waals surface area contributed by atoms with E-state index >= 15 is 0 Å². The number of para-hydroxylation sites is 2. The number of H-pyrrole nitrogens is 1. The van der Waals surface area contributed by atoms with E-state index in [4.69, 9.17) is 11.6 Å². The number of benzene rings is 2. The number of nitro benzene ring substituents is 1. The van der Waals surface area contributed by atoms with E-state index in [1.54, 1.807) is 19.9 Å². The number of hydrogen-bond donors (Lipinski definition) is 3. The Kier molecular flexibility index (Phi) is 5.79. The maximum absolute atomic E-state index is 12.7. The molecule has 10 heteroatoms. The molecule has 0 aliphatic carbocycles. The Morgan fingerprint density at radius 1 is 1.21 bits per heavy atom. The van der Waals surface area contributed by atoms with Crippen LogP contribution in [0.5, 0.6) is 0 Å². The summed E-state index contributed by atoms with van der Waals surface area (Å²) in [6, 6.07) is 10.1. The van der Waals surface area contributed by atoms with Crippen LogP contribution in [0.2, 0.25) is 5.02 Å². The lowest BCUT2D eigenvalue weighted by atomic mass is 10.0. The van der Waals surface area contributed by atoms with Crippen LogP contribution >= 0.6 is 11.6 Å². The third kappa shape index (κ3) is 4.52. The van der Waals surface area contributed by atoms with Crippen molar-refractivity contribution >= 4 is 46.1 Å². The lowest BCUT2D eigenvalue weighted by Gasteiger charge is -2.21. The molecular weight excluding hydrogens is 398 g/mol. The van der Waals surface area contributed by atoms with Gasteiger partial charge in [-0.05, 0) is 30.2 Å². The van der Waals surface area contributed by atoms with E-state index in [1.165, 1.54) is 12.1 Å². The molecule has 0 spiro atoms. The van der Waals surface area contributed by atoms with E-state index < -0.39 is 22.8 Å². The average Bonchev–Trinajstić information content (AvgIpc) is 3.07. The molecule has 9 nitrogen and oxygen atoms in total. The Labute approximate surface area is 170 Å². The summed E-state index contributed by atoms with van der Waals surface area (Å²) in [5.41, 5.74) is 1.11. The van der Waals surface area contributed by atoms with Crippen molar-refractivity contribution in [1.82, 2.24) is 15.3 Å². The molecule has 0 bridgehead atoms. The minimum absolute atomic E-state index is 0.0308. The molecule has 0 aliphatic rings. The zero-order valence-corrected chi connectivity index (χ0v) is 16.4. The molecule has 2 amide bonds. The van der Waals surface area contributed by atoms with E-state index in [1.807, 2.05) is 18.2 Å². The molecule has 3 aromatic rings. The smallest absolute Gasteiger partial charge is 0.288 e. The number of carbonyl (C=O) groups is 2. The Morgan fingerprint density at radius 2 is 1.93 bits per heavy atom. The van der Waals surface area contributed by atoms with Gasteiger partial charge in [0.25, 0.3) is 11.6 Å². The molecule has 150 valence electrons. The van der Waals surface area contributed by atoms with Gasteiger partial charge < -0.3 is 10.3 Å². The first kappa shape index (κ1) is 20.3. The Morgan fingerprint density at radius 3 is 2.59 bits per heavy atom. The van der Waals surface area contributed by atoms with Gasteiger partial charge >= 0.3 is 0 Å². The maximum atomic E-state index is 12.7. The van der Waals surface area contributed by atoms with Crippen LogP contribution in [-0.2, 0) is 4.79 Å². The molecule has 1 atom stereocenters. The third-order valence-electron chi connectivity index (χ3n) is 4.27. The molecule has 0 radical (unpaired) electrons. The van der Waals surface area contributed by atoms with Crippen LogP contribution < -0.4 is 10.6 Å². The van der Waals surface area contributed by atoms with E-state index in [2.05, 4.69) is 20.6 Å². The molecule has 1 heterocycles. The van der Waals surface area contributed by atoms with E-state index in [-0.39, 0.29) is 28.1 Å². The summed E-state index contributed by atoms with van der Waals surface area (Å²) < 4.78 is 0. The van der Waals surface area contributed by atoms with Crippen molar-refractivity contribution in [3.63, 3.8) is 0 Å². The zero-order chi connectivity index (χ0) is 21.1. The molecule has 0 saturated carbocycles. The van der Waals surface area contributed by atoms with Gasteiger partial charge in [0.1, 0.15) is 11.1 Å². The molecular formula is C19H18ClN5O4. The SMILES string of the molecule is CC(C)[C@H](NC(=O)c1ccc(Cl)c([N+](=O)[O-])c1)C(=O)Nc1nc2ccccc2[nH]1. The first-order chi connectivity index (χ1) is 13.8. The predicted molar refractivity (Wildman–Crippen MR) is 109 cm³/mol. The number of halogens is 1. The highest BCUT2D eigenvalue weighted by Gasteiger charge is 2.26. The molecule has 0 aliphatic heterocycles. The quantitative estimate of drug-likeness (QED) is 0.419. The standard InChI is InChI=1S/C19H18ClN5O4/c1-10(2)16(18(27)24-19-21-13-5-3-4-6-14(13)22-19)23-17(26)11-7-8-12(20)15(9-11)25(28)29/h3-10,16H,1-2H3,(H,23,26)(H2,21,22,24,27)/t16-/m0/s1. The van der Waals surface area contributed by atoms with Crippen LogP contribution in [0.4, 0.5) is 11.6 Å². The molecule has 0 unspecified atom stereocenters. The molecule has 3 rings (SSSR count). The summed E-state index contributed by atoms with van der Waals surface area (Å²) >= 11 is 5.78. The summed E-state index contributed by atoms with van der Waals surface area (Å²) in [6.45, 7) is 3.54. The first-order valence-corrected chi connectivity index (χ1v) is 9.14. The molecule has 0 saturated heterocycles. The fourth-order valence-corrected chi connectivity index (χ4v) is 2.95. The first-order valence-electron chi connectivity index (χ1n) is 8.76.